The Morgan fingerprint density at radius 1 is 1.67 bits per heavy atom. The molecule has 3 atom stereocenters. The SMILES string of the molecule is CCC1OCCC1C(NN)c1c(Cl)cnn1CC. The van der Waals surface area contributed by atoms with E-state index >= 15 is 0 Å². The molecule has 5 nitrogen and oxygen atoms in total. The molecule has 0 radical (unpaired) electrons. The summed E-state index contributed by atoms with van der Waals surface area (Å²) < 4.78 is 7.64. The molecule has 1 saturated heterocycles. The lowest BCUT2D eigenvalue weighted by Crippen LogP contribution is -2.38. The molecule has 0 aliphatic carbocycles. The van der Waals surface area contributed by atoms with E-state index in [9.17, 15) is 0 Å². The van der Waals surface area contributed by atoms with Crippen molar-refractivity contribution < 1.29 is 4.74 Å². The number of ether oxygens (including phenoxy) is 1. The van der Waals surface area contributed by atoms with E-state index < -0.39 is 0 Å². The summed E-state index contributed by atoms with van der Waals surface area (Å²) in [4.78, 5) is 0. The molecule has 0 amide bonds. The topological polar surface area (TPSA) is 65.1 Å². The molecule has 2 heterocycles. The molecule has 1 fully saturated rings. The van der Waals surface area contributed by atoms with Crippen molar-refractivity contribution in [2.75, 3.05) is 6.61 Å². The zero-order valence-corrected chi connectivity index (χ0v) is 11.7. The Morgan fingerprint density at radius 2 is 2.44 bits per heavy atom. The summed E-state index contributed by atoms with van der Waals surface area (Å²) in [5.74, 6) is 6.09. The predicted octanol–water partition coefficient (Wildman–Crippen LogP) is 1.88. The van der Waals surface area contributed by atoms with Gasteiger partial charge in [-0.25, -0.2) is 0 Å². The Labute approximate surface area is 113 Å². The van der Waals surface area contributed by atoms with Gasteiger partial charge in [0.2, 0.25) is 0 Å². The maximum Gasteiger partial charge on any atom is 0.0834 e. The molecule has 3 N–H and O–H groups in total. The number of hydrogen-bond acceptors (Lipinski definition) is 4. The molecule has 1 aromatic heterocycles. The summed E-state index contributed by atoms with van der Waals surface area (Å²) in [5, 5.41) is 4.94. The summed E-state index contributed by atoms with van der Waals surface area (Å²) in [5.41, 5.74) is 3.87. The molecule has 6 heteroatoms. The molecule has 1 aromatic rings. The largest absolute Gasteiger partial charge is 0.378 e. The van der Waals surface area contributed by atoms with Crippen LogP contribution < -0.4 is 11.3 Å². The lowest BCUT2D eigenvalue weighted by Gasteiger charge is -2.27. The first-order valence-corrected chi connectivity index (χ1v) is 6.89. The average Bonchev–Trinajstić information content (AvgIpc) is 2.98. The van der Waals surface area contributed by atoms with Crippen molar-refractivity contribution in [2.24, 2.45) is 11.8 Å². The molecule has 0 spiro atoms. The van der Waals surface area contributed by atoms with Crippen LogP contribution in [0, 0.1) is 5.92 Å². The first-order chi connectivity index (χ1) is 8.72. The number of halogens is 1. The number of aromatic nitrogens is 2. The minimum atomic E-state index is -0.00704. The number of nitrogens with zero attached hydrogens (tertiary/aromatic N) is 2. The van der Waals surface area contributed by atoms with Crippen molar-refractivity contribution in [2.45, 2.75) is 45.4 Å². The van der Waals surface area contributed by atoms with Gasteiger partial charge in [-0.3, -0.25) is 16.0 Å². The van der Waals surface area contributed by atoms with Gasteiger partial charge < -0.3 is 4.74 Å². The second-order valence-corrected chi connectivity index (χ2v) is 5.02. The van der Waals surface area contributed by atoms with Crippen LogP contribution in [0.1, 0.15) is 38.4 Å². The minimum absolute atomic E-state index is 0.00704. The van der Waals surface area contributed by atoms with Crippen molar-refractivity contribution in [3.63, 3.8) is 0 Å². The van der Waals surface area contributed by atoms with E-state index in [2.05, 4.69) is 17.4 Å². The van der Waals surface area contributed by atoms with Gasteiger partial charge in [0, 0.05) is 19.1 Å². The van der Waals surface area contributed by atoms with Gasteiger partial charge in [0.1, 0.15) is 0 Å². The molecule has 3 unspecified atom stereocenters. The van der Waals surface area contributed by atoms with Crippen LogP contribution >= 0.6 is 11.6 Å². The maximum atomic E-state index is 6.25. The van der Waals surface area contributed by atoms with Crippen LogP contribution in [0.5, 0.6) is 0 Å². The number of aryl methyl sites for hydroxylation is 1. The van der Waals surface area contributed by atoms with E-state index in [0.717, 1.165) is 31.7 Å². The van der Waals surface area contributed by atoms with E-state index in [1.807, 2.05) is 11.6 Å². The molecule has 0 aromatic carbocycles. The zero-order chi connectivity index (χ0) is 13.1. The molecule has 1 aliphatic heterocycles. The molecule has 102 valence electrons. The highest BCUT2D eigenvalue weighted by molar-refractivity contribution is 6.31. The summed E-state index contributed by atoms with van der Waals surface area (Å²) in [7, 11) is 0. The van der Waals surface area contributed by atoms with Gasteiger partial charge in [0.05, 0.1) is 29.1 Å². The first-order valence-electron chi connectivity index (χ1n) is 6.51. The molecule has 2 rings (SSSR count). The van der Waals surface area contributed by atoms with Gasteiger partial charge in [0.15, 0.2) is 0 Å². The van der Waals surface area contributed by atoms with E-state index in [0.29, 0.717) is 10.9 Å². The number of hydrogen-bond donors (Lipinski definition) is 2. The Morgan fingerprint density at radius 3 is 3.06 bits per heavy atom. The van der Waals surface area contributed by atoms with Crippen molar-refractivity contribution in [3.05, 3.63) is 16.9 Å². The second-order valence-electron chi connectivity index (χ2n) is 4.61. The molecule has 0 saturated carbocycles. The lowest BCUT2D eigenvalue weighted by atomic mass is 9.89. The van der Waals surface area contributed by atoms with Crippen molar-refractivity contribution in [1.82, 2.24) is 15.2 Å². The Hall–Kier alpha value is -0.620. The highest BCUT2D eigenvalue weighted by Crippen LogP contribution is 2.36. The van der Waals surface area contributed by atoms with Crippen molar-refractivity contribution in [3.8, 4) is 0 Å². The van der Waals surface area contributed by atoms with Gasteiger partial charge >= 0.3 is 0 Å². The molecular weight excluding hydrogens is 252 g/mol. The fourth-order valence-electron chi connectivity index (χ4n) is 2.81. The van der Waals surface area contributed by atoms with Crippen LogP contribution in [0.2, 0.25) is 5.02 Å². The number of nitrogens with two attached hydrogens (primary N) is 1. The quantitative estimate of drug-likeness (QED) is 0.634. The van der Waals surface area contributed by atoms with Gasteiger partial charge in [-0.15, -0.1) is 0 Å². The third kappa shape index (κ3) is 2.40. The predicted molar refractivity (Wildman–Crippen MR) is 71.1 cm³/mol. The third-order valence-corrected chi connectivity index (χ3v) is 3.99. The van der Waals surface area contributed by atoms with E-state index in [1.54, 1.807) is 6.20 Å². The highest BCUT2D eigenvalue weighted by atomic mass is 35.5. The van der Waals surface area contributed by atoms with Crippen LogP contribution in [0.15, 0.2) is 6.20 Å². The number of nitrogens with one attached hydrogen (secondary N) is 1. The van der Waals surface area contributed by atoms with Gasteiger partial charge in [-0.2, -0.15) is 5.10 Å². The number of hydrazine groups is 1. The minimum Gasteiger partial charge on any atom is -0.378 e. The summed E-state index contributed by atoms with van der Waals surface area (Å²) in [6.07, 6.45) is 3.91. The van der Waals surface area contributed by atoms with Gasteiger partial charge in [-0.05, 0) is 19.8 Å². The normalized spacial score (nSPS) is 25.6. The van der Waals surface area contributed by atoms with E-state index in [-0.39, 0.29) is 12.1 Å². The summed E-state index contributed by atoms with van der Waals surface area (Å²) in [6.45, 7) is 5.75. The number of rotatable bonds is 5. The Kier molecular flexibility index (Phi) is 4.61. The van der Waals surface area contributed by atoms with Crippen molar-refractivity contribution >= 4 is 11.6 Å². The first kappa shape index (κ1) is 13.8. The summed E-state index contributed by atoms with van der Waals surface area (Å²) >= 11 is 6.25. The fourth-order valence-corrected chi connectivity index (χ4v) is 3.06. The average molecular weight is 273 g/mol. The second kappa shape index (κ2) is 6.02. The fraction of sp³-hybridized carbons (Fsp3) is 0.750. The molecule has 0 bridgehead atoms. The molecular formula is C12H21ClN4O. The lowest BCUT2D eigenvalue weighted by molar-refractivity contribution is 0.0764. The standard InChI is InChI=1S/C12H21ClN4O/c1-3-10-8(5-6-18-10)11(16-14)12-9(13)7-15-17(12)4-2/h7-8,10-11,16H,3-6,14H2,1-2H3. The van der Waals surface area contributed by atoms with Gasteiger partial charge in [0.25, 0.3) is 0 Å². The van der Waals surface area contributed by atoms with Crippen LogP contribution in [0.3, 0.4) is 0 Å². The molecule has 18 heavy (non-hydrogen) atoms. The molecule has 1 aliphatic rings. The maximum absolute atomic E-state index is 6.25. The summed E-state index contributed by atoms with van der Waals surface area (Å²) in [6, 6.07) is -0.00704. The van der Waals surface area contributed by atoms with E-state index in [4.69, 9.17) is 22.2 Å². The Balaban J connectivity index is 2.29. The van der Waals surface area contributed by atoms with Crippen LogP contribution in [-0.2, 0) is 11.3 Å². The zero-order valence-electron chi connectivity index (χ0n) is 10.9. The van der Waals surface area contributed by atoms with Crippen LogP contribution in [-0.4, -0.2) is 22.5 Å². The third-order valence-electron chi connectivity index (χ3n) is 3.70. The van der Waals surface area contributed by atoms with Crippen LogP contribution in [0.4, 0.5) is 0 Å². The van der Waals surface area contributed by atoms with E-state index in [1.165, 1.54) is 0 Å². The smallest absolute Gasteiger partial charge is 0.0834 e. The van der Waals surface area contributed by atoms with Crippen LogP contribution in [0.25, 0.3) is 0 Å². The van der Waals surface area contributed by atoms with Gasteiger partial charge in [-0.1, -0.05) is 18.5 Å². The van der Waals surface area contributed by atoms with Crippen molar-refractivity contribution in [1.29, 1.82) is 0 Å². The monoisotopic (exact) mass is 272 g/mol. The Bertz CT molecular complexity index is 395. The highest BCUT2D eigenvalue weighted by Gasteiger charge is 2.36.